The van der Waals surface area contributed by atoms with Crippen LogP contribution in [-0.2, 0) is 0 Å². The first kappa shape index (κ1) is 43.3. The highest BCUT2D eigenvalue weighted by Gasteiger charge is 2.41. The van der Waals surface area contributed by atoms with Crippen LogP contribution in [0.15, 0.2) is 296 Å². The molecular formula is C70H48N2OSi. The van der Waals surface area contributed by atoms with E-state index < -0.39 is 8.07 Å². The van der Waals surface area contributed by atoms with Crippen LogP contribution in [0.1, 0.15) is 0 Å². The summed E-state index contributed by atoms with van der Waals surface area (Å²) in [6.07, 6.45) is 0. The molecule has 0 radical (unpaired) electrons. The quantitative estimate of drug-likeness (QED) is 0.101. The molecule has 0 unspecified atom stereocenters. The molecule has 348 valence electrons. The van der Waals surface area contributed by atoms with Crippen molar-refractivity contribution in [1.29, 1.82) is 0 Å². The van der Waals surface area contributed by atoms with Crippen molar-refractivity contribution in [3.8, 4) is 27.9 Å². The monoisotopic (exact) mass is 960 g/mol. The molecule has 3 nitrogen and oxygen atoms in total. The van der Waals surface area contributed by atoms with Gasteiger partial charge in [0, 0.05) is 44.3 Å². The molecule has 74 heavy (non-hydrogen) atoms. The molecule has 0 spiro atoms. The number of hydrogen-bond acceptors (Lipinski definition) is 2. The van der Waals surface area contributed by atoms with Crippen molar-refractivity contribution in [3.05, 3.63) is 291 Å². The van der Waals surface area contributed by atoms with Gasteiger partial charge in [0.1, 0.15) is 11.2 Å². The molecule has 4 heteroatoms. The summed E-state index contributed by atoms with van der Waals surface area (Å²) in [6.45, 7) is 0. The zero-order valence-corrected chi connectivity index (χ0v) is 41.5. The van der Waals surface area contributed by atoms with E-state index in [9.17, 15) is 0 Å². The van der Waals surface area contributed by atoms with Crippen molar-refractivity contribution in [3.63, 3.8) is 0 Å². The minimum absolute atomic E-state index is 0.892. The van der Waals surface area contributed by atoms with Crippen LogP contribution in [0.4, 0.5) is 17.1 Å². The molecule has 0 aliphatic heterocycles. The van der Waals surface area contributed by atoms with Crippen molar-refractivity contribution < 1.29 is 4.42 Å². The zero-order chi connectivity index (χ0) is 49.0. The zero-order valence-electron chi connectivity index (χ0n) is 40.5. The minimum Gasteiger partial charge on any atom is -0.456 e. The van der Waals surface area contributed by atoms with Gasteiger partial charge in [-0.2, -0.15) is 0 Å². The first-order valence-corrected chi connectivity index (χ1v) is 27.4. The van der Waals surface area contributed by atoms with Gasteiger partial charge < -0.3 is 13.9 Å². The van der Waals surface area contributed by atoms with Crippen molar-refractivity contribution in [2.24, 2.45) is 0 Å². The van der Waals surface area contributed by atoms with Crippen molar-refractivity contribution in [2.45, 2.75) is 0 Å². The van der Waals surface area contributed by atoms with E-state index in [0.29, 0.717) is 0 Å². The topological polar surface area (TPSA) is 21.3 Å². The van der Waals surface area contributed by atoms with Gasteiger partial charge >= 0.3 is 0 Å². The fourth-order valence-corrected chi connectivity index (χ4v) is 16.6. The molecule has 14 aromatic rings. The minimum atomic E-state index is -2.84. The fourth-order valence-electron chi connectivity index (χ4n) is 11.8. The molecule has 0 saturated carbocycles. The number of fused-ring (bicyclic) bond motifs is 7. The molecule has 2 heterocycles. The Morgan fingerprint density at radius 2 is 0.811 bits per heavy atom. The number of hydrogen-bond donors (Lipinski definition) is 0. The highest BCUT2D eigenvalue weighted by Crippen LogP contribution is 2.42. The summed E-state index contributed by atoms with van der Waals surface area (Å²) in [4.78, 5) is 2.43. The Balaban J connectivity index is 0.930. The van der Waals surface area contributed by atoms with E-state index in [-0.39, 0.29) is 0 Å². The molecule has 0 N–H and O–H groups in total. The summed E-state index contributed by atoms with van der Waals surface area (Å²) in [5.41, 5.74) is 13.2. The van der Waals surface area contributed by atoms with E-state index in [4.69, 9.17) is 4.42 Å². The van der Waals surface area contributed by atoms with Gasteiger partial charge in [0.25, 0.3) is 0 Å². The molecule has 0 fully saturated rings. The summed E-state index contributed by atoms with van der Waals surface area (Å²) in [6, 6.07) is 107. The molecule has 12 aromatic carbocycles. The average molecular weight is 961 g/mol. The molecule has 0 atom stereocenters. The van der Waals surface area contributed by atoms with Crippen LogP contribution in [0.25, 0.3) is 82.5 Å². The standard InChI is InChI=1S/C70H48N2OSi/c1-4-22-56(23-5-1)74(57-24-6-2-7-25-57,58-26-8-3-9-27-58)59-28-17-21-54(47-59)71(52-41-37-50(38-42-52)61-32-16-20-49-19-10-11-29-60(49)61)53-43-39-51(40-44-53)62-33-18-35-67-70(62)64-31-12-14-34-66(64)72(67)55-45-46-69-65(48-55)63-30-13-15-36-68(63)73-69/h1-48H. The van der Waals surface area contributed by atoms with E-state index >= 15 is 0 Å². The normalized spacial score (nSPS) is 11.8. The van der Waals surface area contributed by atoms with Crippen LogP contribution < -0.4 is 25.6 Å². The largest absolute Gasteiger partial charge is 0.456 e. The number of furan rings is 1. The van der Waals surface area contributed by atoms with E-state index in [1.54, 1.807) is 0 Å². The molecule has 0 aliphatic rings. The third kappa shape index (κ3) is 7.10. The second-order valence-corrected chi connectivity index (χ2v) is 23.0. The van der Waals surface area contributed by atoms with E-state index in [2.05, 4.69) is 289 Å². The third-order valence-electron chi connectivity index (χ3n) is 15.1. The number of rotatable bonds is 10. The van der Waals surface area contributed by atoms with E-state index in [1.807, 2.05) is 12.1 Å². The second kappa shape index (κ2) is 18.0. The number of benzene rings is 12. The molecule has 0 saturated heterocycles. The van der Waals surface area contributed by atoms with Gasteiger partial charge in [0.15, 0.2) is 8.07 Å². The summed E-state index contributed by atoms with van der Waals surface area (Å²) < 4.78 is 8.67. The molecule has 0 aliphatic carbocycles. The molecule has 2 aromatic heterocycles. The van der Waals surface area contributed by atoms with Crippen LogP contribution in [0, 0.1) is 0 Å². The first-order chi connectivity index (χ1) is 36.7. The Morgan fingerprint density at radius 1 is 0.311 bits per heavy atom. The van der Waals surface area contributed by atoms with Gasteiger partial charge in [0.05, 0.1) is 11.0 Å². The van der Waals surface area contributed by atoms with Crippen LogP contribution in [0.5, 0.6) is 0 Å². The average Bonchev–Trinajstić information content (AvgIpc) is 4.05. The first-order valence-electron chi connectivity index (χ1n) is 25.4. The van der Waals surface area contributed by atoms with Gasteiger partial charge in [-0.15, -0.1) is 0 Å². The van der Waals surface area contributed by atoms with Crippen LogP contribution in [0.2, 0.25) is 0 Å². The molecule has 0 bridgehead atoms. The maximum absolute atomic E-state index is 6.26. The van der Waals surface area contributed by atoms with Crippen LogP contribution in [0.3, 0.4) is 0 Å². The molecule has 14 rings (SSSR count). The summed E-state index contributed by atoms with van der Waals surface area (Å²) in [7, 11) is -2.84. The predicted octanol–water partition coefficient (Wildman–Crippen LogP) is 16.0. The number of nitrogens with zero attached hydrogens (tertiary/aromatic N) is 2. The van der Waals surface area contributed by atoms with Crippen molar-refractivity contribution in [1.82, 2.24) is 4.57 Å². The van der Waals surface area contributed by atoms with Crippen LogP contribution >= 0.6 is 0 Å². The smallest absolute Gasteiger partial charge is 0.179 e. The number of para-hydroxylation sites is 2. The summed E-state index contributed by atoms with van der Waals surface area (Å²) in [5.74, 6) is 0. The van der Waals surface area contributed by atoms with Gasteiger partial charge in [-0.3, -0.25) is 0 Å². The second-order valence-electron chi connectivity index (χ2n) is 19.2. The van der Waals surface area contributed by atoms with Crippen molar-refractivity contribution >= 4 is 100 Å². The summed E-state index contributed by atoms with van der Waals surface area (Å²) >= 11 is 0. The number of aromatic nitrogens is 1. The Labute approximate surface area is 431 Å². The third-order valence-corrected chi connectivity index (χ3v) is 19.9. The van der Waals surface area contributed by atoms with E-state index in [1.165, 1.54) is 59.0 Å². The maximum atomic E-state index is 6.26. The Morgan fingerprint density at radius 3 is 1.50 bits per heavy atom. The van der Waals surface area contributed by atoms with Gasteiger partial charge in [0.2, 0.25) is 0 Å². The Hall–Kier alpha value is -9.48. The predicted molar refractivity (Wildman–Crippen MR) is 315 cm³/mol. The fraction of sp³-hybridized carbons (Fsp3) is 0. The van der Waals surface area contributed by atoms with Crippen molar-refractivity contribution in [2.75, 3.05) is 4.90 Å². The number of anilines is 3. The Kier molecular flexibility index (Phi) is 10.5. The lowest BCUT2D eigenvalue weighted by molar-refractivity contribution is 0.669. The highest BCUT2D eigenvalue weighted by molar-refractivity contribution is 7.19. The van der Waals surface area contributed by atoms with Gasteiger partial charge in [-0.1, -0.05) is 218 Å². The lowest BCUT2D eigenvalue weighted by Crippen LogP contribution is -2.74. The Bertz CT molecular complexity index is 4250. The highest BCUT2D eigenvalue weighted by atomic mass is 28.3. The summed E-state index contributed by atoms with van der Waals surface area (Å²) in [5, 5.41) is 12.5. The SMILES string of the molecule is c1ccc([Si](c2ccccc2)(c2ccccc2)c2cccc(N(c3ccc(-c4cccc5ccccc45)cc3)c3ccc(-c4cccc5c4c4ccccc4n5-c4ccc5oc6ccccc6c5c4)cc3)c2)cc1. The molecular weight excluding hydrogens is 913 g/mol. The van der Waals surface area contributed by atoms with Gasteiger partial charge in [-0.25, -0.2) is 0 Å². The maximum Gasteiger partial charge on any atom is 0.179 e. The van der Waals surface area contributed by atoms with E-state index in [0.717, 1.165) is 61.3 Å². The molecule has 0 amide bonds. The van der Waals surface area contributed by atoms with Gasteiger partial charge in [-0.05, 0) is 127 Å². The van der Waals surface area contributed by atoms with Crippen LogP contribution in [-0.4, -0.2) is 12.6 Å². The lowest BCUT2D eigenvalue weighted by Gasteiger charge is -2.35. The lowest BCUT2D eigenvalue weighted by atomic mass is 9.98.